The lowest BCUT2D eigenvalue weighted by molar-refractivity contribution is 0.594. The number of benzene rings is 1. The highest BCUT2D eigenvalue weighted by Gasteiger charge is 2.27. The molecule has 0 aliphatic carbocycles. The molecule has 1 heterocycles. The van der Waals surface area contributed by atoms with Crippen LogP contribution in [0.15, 0.2) is 46.5 Å². The van der Waals surface area contributed by atoms with Crippen molar-refractivity contribution >= 4 is 27.0 Å². The smallest absolute Gasteiger partial charge is 0.261 e. The first-order valence-electron chi connectivity index (χ1n) is 6.63. The third kappa shape index (κ3) is 3.04. The molecular weight excluding hydrogens is 302 g/mol. The fourth-order valence-corrected chi connectivity index (χ4v) is 5.18. The molecule has 1 aromatic heterocycles. The Hall–Kier alpha value is -1.59. The molecule has 0 aliphatic rings. The van der Waals surface area contributed by atoms with E-state index in [1.54, 1.807) is 23.6 Å². The first-order chi connectivity index (χ1) is 9.87. The Bertz CT molecular complexity index is 724. The van der Waals surface area contributed by atoms with E-state index in [-0.39, 0.29) is 6.54 Å². The number of aryl methyl sites for hydroxylation is 3. The van der Waals surface area contributed by atoms with Gasteiger partial charge < -0.3 is 0 Å². The van der Waals surface area contributed by atoms with E-state index >= 15 is 0 Å². The summed E-state index contributed by atoms with van der Waals surface area (Å²) in [4.78, 5) is 0. The van der Waals surface area contributed by atoms with Crippen molar-refractivity contribution in [3.63, 3.8) is 0 Å². The highest BCUT2D eigenvalue weighted by molar-refractivity contribution is 7.94. The third-order valence-electron chi connectivity index (χ3n) is 3.22. The first kappa shape index (κ1) is 15.8. The largest absolute Gasteiger partial charge is 0.274 e. The molecule has 112 valence electrons. The van der Waals surface area contributed by atoms with E-state index < -0.39 is 10.0 Å². The van der Waals surface area contributed by atoms with Crippen molar-refractivity contribution in [2.45, 2.75) is 25.0 Å². The third-order valence-corrected chi connectivity index (χ3v) is 6.36. The van der Waals surface area contributed by atoms with Crippen LogP contribution in [0.3, 0.4) is 0 Å². The minimum atomic E-state index is -3.55. The molecule has 0 spiro atoms. The average molecular weight is 321 g/mol. The molecule has 5 heteroatoms. The van der Waals surface area contributed by atoms with E-state index in [2.05, 4.69) is 6.58 Å². The van der Waals surface area contributed by atoms with E-state index in [0.717, 1.165) is 22.4 Å². The molecule has 0 unspecified atom stereocenters. The zero-order valence-electron chi connectivity index (χ0n) is 12.5. The summed E-state index contributed by atoms with van der Waals surface area (Å²) in [7, 11) is -3.55. The molecule has 3 nitrogen and oxygen atoms in total. The van der Waals surface area contributed by atoms with Gasteiger partial charge >= 0.3 is 0 Å². The minimum absolute atomic E-state index is 0.255. The molecule has 1 aromatic carbocycles. The molecule has 2 aromatic rings. The number of hydrogen-bond donors (Lipinski definition) is 0. The van der Waals surface area contributed by atoms with Gasteiger partial charge in [-0.2, -0.15) is 0 Å². The van der Waals surface area contributed by atoms with Crippen LogP contribution in [0.25, 0.3) is 0 Å². The summed E-state index contributed by atoms with van der Waals surface area (Å²) in [5.74, 6) is 0. The van der Waals surface area contributed by atoms with Crippen molar-refractivity contribution < 1.29 is 8.42 Å². The Morgan fingerprint density at radius 2 is 1.86 bits per heavy atom. The minimum Gasteiger partial charge on any atom is -0.261 e. The summed E-state index contributed by atoms with van der Waals surface area (Å²) >= 11 is 1.23. The summed E-state index contributed by atoms with van der Waals surface area (Å²) < 4.78 is 27.5. The maximum atomic E-state index is 12.9. The van der Waals surface area contributed by atoms with Crippen molar-refractivity contribution in [1.82, 2.24) is 0 Å². The van der Waals surface area contributed by atoms with E-state index in [9.17, 15) is 8.42 Å². The van der Waals surface area contributed by atoms with Gasteiger partial charge in [-0.15, -0.1) is 17.9 Å². The van der Waals surface area contributed by atoms with Crippen LogP contribution in [-0.2, 0) is 10.0 Å². The first-order valence-corrected chi connectivity index (χ1v) is 8.95. The molecule has 0 saturated carbocycles. The number of thiophene rings is 1. The van der Waals surface area contributed by atoms with Gasteiger partial charge in [0.25, 0.3) is 10.0 Å². The summed E-state index contributed by atoms with van der Waals surface area (Å²) in [5, 5.41) is 1.77. The Kier molecular flexibility index (Phi) is 4.54. The molecule has 0 bridgehead atoms. The van der Waals surface area contributed by atoms with Gasteiger partial charge in [0.05, 0.1) is 12.2 Å². The van der Waals surface area contributed by atoms with Crippen molar-refractivity contribution in [2.75, 3.05) is 10.8 Å². The molecule has 0 aliphatic heterocycles. The molecule has 2 rings (SSSR count). The van der Waals surface area contributed by atoms with Gasteiger partial charge in [-0.1, -0.05) is 29.8 Å². The molecule has 21 heavy (non-hydrogen) atoms. The number of hydrogen-bond acceptors (Lipinski definition) is 3. The average Bonchev–Trinajstić information content (AvgIpc) is 2.91. The standard InChI is InChI=1S/C16H19NO2S2/c1-5-8-17(21(18,19)15-7-6-9-20-15)16-13(3)10-12(2)11-14(16)4/h5-7,9-11H,1,8H2,2-4H3. The van der Waals surface area contributed by atoms with Crippen LogP contribution in [0.5, 0.6) is 0 Å². The summed E-state index contributed by atoms with van der Waals surface area (Å²) in [6, 6.07) is 7.39. The van der Waals surface area contributed by atoms with Crippen molar-refractivity contribution in [2.24, 2.45) is 0 Å². The van der Waals surface area contributed by atoms with Crippen molar-refractivity contribution in [3.8, 4) is 0 Å². The Morgan fingerprint density at radius 3 is 2.33 bits per heavy atom. The van der Waals surface area contributed by atoms with Crippen LogP contribution in [0, 0.1) is 20.8 Å². The molecule has 0 atom stereocenters. The van der Waals surface area contributed by atoms with Gasteiger partial charge in [-0.3, -0.25) is 4.31 Å². The molecule has 0 amide bonds. The second kappa shape index (κ2) is 6.03. The Morgan fingerprint density at radius 1 is 1.24 bits per heavy atom. The van der Waals surface area contributed by atoms with Crippen LogP contribution < -0.4 is 4.31 Å². The normalized spacial score (nSPS) is 11.4. The maximum absolute atomic E-state index is 12.9. The molecule has 0 fully saturated rings. The maximum Gasteiger partial charge on any atom is 0.274 e. The van der Waals surface area contributed by atoms with Crippen molar-refractivity contribution in [3.05, 3.63) is 59.0 Å². The number of nitrogens with zero attached hydrogens (tertiary/aromatic N) is 1. The Labute approximate surface area is 130 Å². The topological polar surface area (TPSA) is 37.4 Å². The highest BCUT2D eigenvalue weighted by Crippen LogP contribution is 2.32. The monoisotopic (exact) mass is 321 g/mol. The zero-order chi connectivity index (χ0) is 15.6. The SMILES string of the molecule is C=CCN(c1c(C)cc(C)cc1C)S(=O)(=O)c1cccs1. The highest BCUT2D eigenvalue weighted by atomic mass is 32.2. The quantitative estimate of drug-likeness (QED) is 0.779. The predicted octanol–water partition coefficient (Wildman–Crippen LogP) is 4.05. The van der Waals surface area contributed by atoms with Gasteiger partial charge in [0.1, 0.15) is 4.21 Å². The number of rotatable bonds is 5. The van der Waals surface area contributed by atoms with E-state index in [1.807, 2.05) is 32.9 Å². The van der Waals surface area contributed by atoms with Gasteiger partial charge in [0.2, 0.25) is 0 Å². The molecule has 0 radical (unpaired) electrons. The van der Waals surface area contributed by atoms with E-state index in [1.165, 1.54) is 15.6 Å². The molecule has 0 N–H and O–H groups in total. The summed E-state index contributed by atoms with van der Waals surface area (Å²) in [6.45, 7) is 9.84. The fraction of sp³-hybridized carbons (Fsp3) is 0.250. The van der Waals surface area contributed by atoms with Gasteiger partial charge in [0.15, 0.2) is 0 Å². The number of anilines is 1. The van der Waals surface area contributed by atoms with Crippen molar-refractivity contribution in [1.29, 1.82) is 0 Å². The lowest BCUT2D eigenvalue weighted by atomic mass is 10.1. The van der Waals surface area contributed by atoms with E-state index in [4.69, 9.17) is 0 Å². The van der Waals surface area contributed by atoms with Crippen LogP contribution >= 0.6 is 11.3 Å². The Balaban J connectivity index is 2.63. The lowest BCUT2D eigenvalue weighted by Gasteiger charge is -2.26. The predicted molar refractivity (Wildman–Crippen MR) is 89.7 cm³/mol. The lowest BCUT2D eigenvalue weighted by Crippen LogP contribution is -2.32. The van der Waals surface area contributed by atoms with Crippen LogP contribution in [0.1, 0.15) is 16.7 Å². The van der Waals surface area contributed by atoms with Gasteiger partial charge in [-0.05, 0) is 43.3 Å². The zero-order valence-corrected chi connectivity index (χ0v) is 14.1. The van der Waals surface area contributed by atoms with Gasteiger partial charge in [0, 0.05) is 0 Å². The van der Waals surface area contributed by atoms with E-state index in [0.29, 0.717) is 4.21 Å². The van der Waals surface area contributed by atoms with Crippen LogP contribution in [0.2, 0.25) is 0 Å². The van der Waals surface area contributed by atoms with Crippen LogP contribution in [-0.4, -0.2) is 15.0 Å². The fourth-order valence-electron chi connectivity index (χ4n) is 2.51. The summed E-state index contributed by atoms with van der Waals surface area (Å²) in [6.07, 6.45) is 1.61. The molecular formula is C16H19NO2S2. The summed E-state index contributed by atoms with van der Waals surface area (Å²) in [5.41, 5.74) is 3.78. The number of sulfonamides is 1. The van der Waals surface area contributed by atoms with Crippen LogP contribution in [0.4, 0.5) is 5.69 Å². The molecule has 0 saturated heterocycles. The van der Waals surface area contributed by atoms with Gasteiger partial charge in [-0.25, -0.2) is 8.42 Å². The second-order valence-corrected chi connectivity index (χ2v) is 8.04. The second-order valence-electron chi connectivity index (χ2n) is 5.00.